The average Bonchev–Trinajstić information content (AvgIpc) is 2.96. The minimum atomic E-state index is -1.07. The van der Waals surface area contributed by atoms with Gasteiger partial charge in [-0.3, -0.25) is 0 Å². The first kappa shape index (κ1) is 14.6. The number of fused-ring (bicyclic) bond motifs is 1. The van der Waals surface area contributed by atoms with E-state index in [1.807, 2.05) is 6.07 Å². The number of hydrogen-bond donors (Lipinski definition) is 3. The van der Waals surface area contributed by atoms with Crippen LogP contribution < -0.4 is 4.74 Å². The molecule has 0 bridgehead atoms. The number of phenols is 1. The second-order valence-electron chi connectivity index (χ2n) is 4.89. The number of H-pyrrole nitrogens is 1. The number of ether oxygens (including phenoxy) is 1. The molecule has 0 spiro atoms. The van der Waals surface area contributed by atoms with Gasteiger partial charge in [-0.25, -0.2) is 9.78 Å². The molecule has 0 atom stereocenters. The van der Waals surface area contributed by atoms with Gasteiger partial charge in [0.05, 0.1) is 12.7 Å². The lowest BCUT2D eigenvalue weighted by Gasteiger charge is -2.07. The summed E-state index contributed by atoms with van der Waals surface area (Å²) in [7, 11) is 1.41. The Labute approximate surface area is 131 Å². The third-order valence-electron chi connectivity index (χ3n) is 3.50. The standard InChI is InChI=1S/C17H14N2O4/c1-23-15-8-10(4-5-14(15)20)13(17(21)22)7-11-9-19-16-12(11)3-2-6-18-16/h2-9,20H,1H3,(H,18,19)(H,21,22)/b13-7-. The van der Waals surface area contributed by atoms with E-state index in [0.717, 1.165) is 10.9 Å². The summed E-state index contributed by atoms with van der Waals surface area (Å²) in [6.07, 6.45) is 4.93. The van der Waals surface area contributed by atoms with Crippen molar-refractivity contribution < 1.29 is 19.7 Å². The fourth-order valence-corrected chi connectivity index (χ4v) is 2.37. The van der Waals surface area contributed by atoms with Crippen LogP contribution in [0.5, 0.6) is 11.5 Å². The van der Waals surface area contributed by atoms with Gasteiger partial charge in [-0.15, -0.1) is 0 Å². The van der Waals surface area contributed by atoms with Gasteiger partial charge in [0.25, 0.3) is 0 Å². The number of nitrogens with one attached hydrogen (secondary N) is 1. The summed E-state index contributed by atoms with van der Waals surface area (Å²) >= 11 is 0. The van der Waals surface area contributed by atoms with Crippen LogP contribution in [0.4, 0.5) is 0 Å². The Bertz CT molecular complexity index is 912. The molecule has 23 heavy (non-hydrogen) atoms. The summed E-state index contributed by atoms with van der Waals surface area (Å²) in [5.74, 6) is -0.900. The summed E-state index contributed by atoms with van der Waals surface area (Å²) < 4.78 is 5.03. The number of aromatic amines is 1. The molecule has 0 saturated carbocycles. The quantitative estimate of drug-likeness (QED) is 0.644. The summed E-state index contributed by atoms with van der Waals surface area (Å²) in [6, 6.07) is 8.08. The number of carboxylic acids is 1. The third-order valence-corrected chi connectivity index (χ3v) is 3.50. The van der Waals surface area contributed by atoms with Gasteiger partial charge in [-0.1, -0.05) is 6.07 Å². The van der Waals surface area contributed by atoms with Gasteiger partial charge in [-0.05, 0) is 35.9 Å². The fraction of sp³-hybridized carbons (Fsp3) is 0.0588. The highest BCUT2D eigenvalue weighted by atomic mass is 16.5. The van der Waals surface area contributed by atoms with Crippen molar-refractivity contribution in [3.8, 4) is 11.5 Å². The Morgan fingerprint density at radius 3 is 2.91 bits per heavy atom. The molecule has 116 valence electrons. The van der Waals surface area contributed by atoms with Gasteiger partial charge in [0.15, 0.2) is 11.5 Å². The molecular formula is C17H14N2O4. The van der Waals surface area contributed by atoms with Crippen LogP contribution in [0.2, 0.25) is 0 Å². The number of aromatic nitrogens is 2. The number of aromatic hydroxyl groups is 1. The molecule has 0 saturated heterocycles. The molecule has 0 aliphatic rings. The number of nitrogens with zero attached hydrogens (tertiary/aromatic N) is 1. The molecule has 3 N–H and O–H groups in total. The number of pyridine rings is 1. The molecule has 3 aromatic rings. The lowest BCUT2D eigenvalue weighted by atomic mass is 10.0. The number of methoxy groups -OCH3 is 1. The minimum absolute atomic E-state index is 0.0442. The highest BCUT2D eigenvalue weighted by Gasteiger charge is 2.14. The first-order chi connectivity index (χ1) is 11.1. The van der Waals surface area contributed by atoms with Gasteiger partial charge < -0.3 is 19.9 Å². The molecule has 0 fully saturated rings. The van der Waals surface area contributed by atoms with Crippen molar-refractivity contribution in [3.05, 3.63) is 53.9 Å². The molecule has 6 heteroatoms. The largest absolute Gasteiger partial charge is 0.504 e. The average molecular weight is 310 g/mol. The highest BCUT2D eigenvalue weighted by Crippen LogP contribution is 2.31. The first-order valence-electron chi connectivity index (χ1n) is 6.84. The Morgan fingerprint density at radius 2 is 2.17 bits per heavy atom. The number of aliphatic carboxylic acids is 1. The molecule has 2 aromatic heterocycles. The fourth-order valence-electron chi connectivity index (χ4n) is 2.37. The van der Waals surface area contributed by atoms with Crippen LogP contribution >= 0.6 is 0 Å². The van der Waals surface area contributed by atoms with Crippen molar-refractivity contribution in [2.24, 2.45) is 0 Å². The Morgan fingerprint density at radius 1 is 1.35 bits per heavy atom. The molecule has 0 radical (unpaired) electrons. The van der Waals surface area contributed by atoms with E-state index in [1.165, 1.54) is 25.3 Å². The first-order valence-corrected chi connectivity index (χ1v) is 6.84. The molecule has 1 aromatic carbocycles. The van der Waals surface area contributed by atoms with E-state index in [2.05, 4.69) is 9.97 Å². The SMILES string of the molecule is COc1cc(/C(=C/c2c[nH]c3ncccc23)C(=O)O)ccc1O. The zero-order valence-corrected chi connectivity index (χ0v) is 12.3. The van der Waals surface area contributed by atoms with Crippen molar-refractivity contribution in [2.45, 2.75) is 0 Å². The van der Waals surface area contributed by atoms with Gasteiger partial charge in [-0.2, -0.15) is 0 Å². The molecule has 0 amide bonds. The van der Waals surface area contributed by atoms with Crippen LogP contribution in [-0.2, 0) is 4.79 Å². The highest BCUT2D eigenvalue weighted by molar-refractivity contribution is 6.21. The van der Waals surface area contributed by atoms with Crippen molar-refractivity contribution in [1.29, 1.82) is 0 Å². The Hall–Kier alpha value is -3.28. The number of rotatable bonds is 4. The third kappa shape index (κ3) is 2.74. The molecule has 0 aliphatic heterocycles. The van der Waals surface area contributed by atoms with Gasteiger partial charge in [0, 0.05) is 23.3 Å². The maximum Gasteiger partial charge on any atom is 0.336 e. The molecular weight excluding hydrogens is 296 g/mol. The summed E-state index contributed by atoms with van der Waals surface area (Å²) in [6.45, 7) is 0. The van der Waals surface area contributed by atoms with E-state index in [0.29, 0.717) is 11.2 Å². The van der Waals surface area contributed by atoms with Crippen LogP contribution in [-0.4, -0.2) is 33.3 Å². The monoisotopic (exact) mass is 310 g/mol. The summed E-state index contributed by atoms with van der Waals surface area (Å²) in [4.78, 5) is 18.8. The zero-order valence-electron chi connectivity index (χ0n) is 12.3. The summed E-state index contributed by atoms with van der Waals surface area (Å²) in [5, 5.41) is 20.0. The van der Waals surface area contributed by atoms with E-state index in [4.69, 9.17) is 4.74 Å². The normalized spacial score (nSPS) is 11.6. The molecule has 3 rings (SSSR count). The number of hydrogen-bond acceptors (Lipinski definition) is 4. The van der Waals surface area contributed by atoms with Crippen molar-refractivity contribution in [3.63, 3.8) is 0 Å². The van der Waals surface area contributed by atoms with Crippen molar-refractivity contribution in [1.82, 2.24) is 9.97 Å². The summed E-state index contributed by atoms with van der Waals surface area (Å²) in [5.41, 5.74) is 1.93. The predicted octanol–water partition coefficient (Wildman–Crippen LogP) is 2.90. The van der Waals surface area contributed by atoms with E-state index >= 15 is 0 Å². The van der Waals surface area contributed by atoms with Crippen molar-refractivity contribution >= 4 is 28.7 Å². The topological polar surface area (TPSA) is 95.4 Å². The van der Waals surface area contributed by atoms with Crippen LogP contribution in [0, 0.1) is 0 Å². The molecule has 2 heterocycles. The van der Waals surface area contributed by atoms with Crippen LogP contribution in [0.3, 0.4) is 0 Å². The van der Waals surface area contributed by atoms with Crippen LogP contribution in [0.25, 0.3) is 22.7 Å². The van der Waals surface area contributed by atoms with Gasteiger partial charge in [0.2, 0.25) is 0 Å². The number of phenolic OH excluding ortho intramolecular Hbond substituents is 1. The maximum atomic E-state index is 11.6. The number of carboxylic acid groups (broad SMARTS) is 1. The van der Waals surface area contributed by atoms with Gasteiger partial charge in [0.1, 0.15) is 5.65 Å². The smallest absolute Gasteiger partial charge is 0.336 e. The predicted molar refractivity (Wildman–Crippen MR) is 86.3 cm³/mol. The second kappa shape index (κ2) is 5.84. The Kier molecular flexibility index (Phi) is 3.72. The minimum Gasteiger partial charge on any atom is -0.504 e. The second-order valence-corrected chi connectivity index (χ2v) is 4.89. The van der Waals surface area contributed by atoms with E-state index < -0.39 is 5.97 Å². The molecule has 6 nitrogen and oxygen atoms in total. The maximum absolute atomic E-state index is 11.6. The lowest BCUT2D eigenvalue weighted by molar-refractivity contribution is -0.130. The van der Waals surface area contributed by atoms with Crippen molar-refractivity contribution in [2.75, 3.05) is 7.11 Å². The van der Waals surface area contributed by atoms with E-state index in [9.17, 15) is 15.0 Å². The van der Waals surface area contributed by atoms with Crippen LogP contribution in [0.15, 0.2) is 42.7 Å². The Balaban J connectivity index is 2.14. The molecule has 0 unspecified atom stereocenters. The van der Waals surface area contributed by atoms with E-state index in [-0.39, 0.29) is 17.1 Å². The zero-order chi connectivity index (χ0) is 16.4. The number of benzene rings is 1. The van der Waals surface area contributed by atoms with Crippen LogP contribution in [0.1, 0.15) is 11.1 Å². The lowest BCUT2D eigenvalue weighted by Crippen LogP contribution is -2.00. The molecule has 0 aliphatic carbocycles. The number of carbonyl (C=O) groups is 1. The van der Waals surface area contributed by atoms with E-state index in [1.54, 1.807) is 24.5 Å². The van der Waals surface area contributed by atoms with Gasteiger partial charge >= 0.3 is 5.97 Å².